The molecule has 0 atom stereocenters. The molecule has 8 nitrogen and oxygen atoms in total. The highest BCUT2D eigenvalue weighted by Crippen LogP contribution is 2.33. The number of sulfonamides is 1. The molecule has 0 bridgehead atoms. The molecule has 1 aromatic carbocycles. The lowest BCUT2D eigenvalue weighted by Crippen LogP contribution is -2.42. The summed E-state index contributed by atoms with van der Waals surface area (Å²) in [4.78, 5) is 25.1. The van der Waals surface area contributed by atoms with Crippen LogP contribution in [0.25, 0.3) is 0 Å². The Balaban J connectivity index is 1.75. The molecule has 2 aromatic rings. The van der Waals surface area contributed by atoms with Crippen LogP contribution in [0.15, 0.2) is 29.2 Å². The van der Waals surface area contributed by atoms with E-state index in [0.717, 1.165) is 12.1 Å². The quantitative estimate of drug-likeness (QED) is 0.589. The van der Waals surface area contributed by atoms with Gasteiger partial charge in [0, 0.05) is 43.1 Å². The molecule has 0 spiro atoms. The average Bonchev–Trinajstić information content (AvgIpc) is 3.03. The van der Waals surface area contributed by atoms with E-state index < -0.39 is 39.6 Å². The minimum Gasteiger partial charge on any atom is -0.462 e. The Labute approximate surface area is 202 Å². The Bertz CT molecular complexity index is 1230. The first-order valence-corrected chi connectivity index (χ1v) is 12.5. The lowest BCUT2D eigenvalue weighted by atomic mass is 9.97. The number of piperidine rings is 1. The summed E-state index contributed by atoms with van der Waals surface area (Å²) in [5, 5.41) is 2.50. The molecule has 1 aromatic heterocycles. The summed E-state index contributed by atoms with van der Waals surface area (Å²) in [6.07, 6.45) is -4.16. The fraction of sp³-hybridized carbons (Fsp3) is 0.478. The van der Waals surface area contributed by atoms with Gasteiger partial charge in [0.25, 0.3) is 0 Å². The van der Waals surface area contributed by atoms with Gasteiger partial charge >= 0.3 is 12.1 Å². The number of nitrogens with one attached hydrogen (secondary N) is 1. The number of rotatable bonds is 6. The minimum absolute atomic E-state index is 0.00346. The highest BCUT2D eigenvalue weighted by atomic mass is 32.2. The fourth-order valence-corrected chi connectivity index (χ4v) is 6.13. The number of benzene rings is 1. The van der Waals surface area contributed by atoms with E-state index in [9.17, 15) is 31.2 Å². The van der Waals surface area contributed by atoms with Gasteiger partial charge in [-0.25, -0.2) is 13.2 Å². The van der Waals surface area contributed by atoms with Gasteiger partial charge in [-0.3, -0.25) is 4.79 Å². The first-order valence-electron chi connectivity index (χ1n) is 11.1. The Morgan fingerprint density at radius 2 is 1.77 bits per heavy atom. The van der Waals surface area contributed by atoms with Gasteiger partial charge in [0.15, 0.2) is 0 Å². The van der Waals surface area contributed by atoms with E-state index in [1.165, 1.54) is 16.4 Å². The van der Waals surface area contributed by atoms with Gasteiger partial charge in [-0.1, -0.05) is 6.07 Å². The van der Waals surface area contributed by atoms with Gasteiger partial charge in [-0.2, -0.15) is 17.5 Å². The third kappa shape index (κ3) is 5.37. The molecular formula is C23H28F3N3O5S. The molecule has 12 heteroatoms. The number of halogens is 3. The number of nitrogens with zero attached hydrogens (tertiary/aromatic N) is 2. The van der Waals surface area contributed by atoms with Crippen LogP contribution in [-0.2, 0) is 32.8 Å². The molecule has 2 heterocycles. The Morgan fingerprint density at radius 1 is 1.14 bits per heavy atom. The minimum atomic E-state index is -4.53. The summed E-state index contributed by atoms with van der Waals surface area (Å²) in [7, 11) is -2.40. The molecule has 1 saturated heterocycles. The molecular weight excluding hydrogens is 487 g/mol. The molecule has 0 saturated carbocycles. The van der Waals surface area contributed by atoms with Gasteiger partial charge in [-0.15, -0.1) is 0 Å². The molecule has 1 amide bonds. The predicted octanol–water partition coefficient (Wildman–Crippen LogP) is 3.88. The summed E-state index contributed by atoms with van der Waals surface area (Å²) >= 11 is 0. The predicted molar refractivity (Wildman–Crippen MR) is 122 cm³/mol. The van der Waals surface area contributed by atoms with Crippen molar-refractivity contribution < 1.29 is 35.9 Å². The monoisotopic (exact) mass is 515 g/mol. The van der Waals surface area contributed by atoms with Crippen LogP contribution in [0.1, 0.15) is 47.1 Å². The third-order valence-corrected chi connectivity index (χ3v) is 8.34. The highest BCUT2D eigenvalue weighted by molar-refractivity contribution is 7.89. The number of ether oxygens (including phenoxy) is 1. The summed E-state index contributed by atoms with van der Waals surface area (Å²) in [6.45, 7) is 5.03. The summed E-state index contributed by atoms with van der Waals surface area (Å²) < 4.78 is 73.7. The molecule has 1 N–H and O–H groups in total. The number of carbonyl (C=O) groups is 2. The largest absolute Gasteiger partial charge is 0.462 e. The number of amides is 1. The van der Waals surface area contributed by atoms with Crippen LogP contribution < -0.4 is 5.32 Å². The van der Waals surface area contributed by atoms with Crippen molar-refractivity contribution in [3.63, 3.8) is 0 Å². The number of anilines is 1. The van der Waals surface area contributed by atoms with E-state index in [1.807, 2.05) is 0 Å². The number of aromatic nitrogens is 1. The van der Waals surface area contributed by atoms with Crippen molar-refractivity contribution >= 4 is 27.6 Å². The van der Waals surface area contributed by atoms with Crippen LogP contribution in [0.2, 0.25) is 0 Å². The van der Waals surface area contributed by atoms with E-state index in [0.29, 0.717) is 11.4 Å². The molecule has 35 heavy (non-hydrogen) atoms. The van der Waals surface area contributed by atoms with Crippen LogP contribution in [0, 0.1) is 19.8 Å². The van der Waals surface area contributed by atoms with Crippen molar-refractivity contribution in [2.24, 2.45) is 13.0 Å². The average molecular weight is 516 g/mol. The van der Waals surface area contributed by atoms with Gasteiger partial charge in [0.2, 0.25) is 15.9 Å². The number of hydrogen-bond donors (Lipinski definition) is 1. The first kappa shape index (κ1) is 26.7. The van der Waals surface area contributed by atoms with Crippen molar-refractivity contribution in [1.82, 2.24) is 8.87 Å². The van der Waals surface area contributed by atoms with Crippen LogP contribution in [-0.4, -0.2) is 48.9 Å². The number of carbonyl (C=O) groups excluding carboxylic acids is 2. The van der Waals surface area contributed by atoms with E-state index >= 15 is 0 Å². The number of hydrogen-bond acceptors (Lipinski definition) is 5. The molecule has 1 aliphatic heterocycles. The lowest BCUT2D eigenvalue weighted by molar-refractivity contribution is -0.137. The Morgan fingerprint density at radius 3 is 2.34 bits per heavy atom. The molecule has 0 aliphatic carbocycles. The second-order valence-electron chi connectivity index (χ2n) is 8.40. The van der Waals surface area contributed by atoms with E-state index in [2.05, 4.69) is 5.32 Å². The summed E-state index contributed by atoms with van der Waals surface area (Å²) in [5.74, 6) is -1.76. The molecule has 192 valence electrons. The van der Waals surface area contributed by atoms with Crippen molar-refractivity contribution in [3.8, 4) is 0 Å². The summed E-state index contributed by atoms with van der Waals surface area (Å²) in [5.41, 5.74) is 0.0117. The Hall–Kier alpha value is -2.86. The molecule has 3 rings (SSSR count). The van der Waals surface area contributed by atoms with Crippen molar-refractivity contribution in [2.75, 3.05) is 25.0 Å². The van der Waals surface area contributed by atoms with Crippen molar-refractivity contribution in [2.45, 2.75) is 44.7 Å². The standard InChI is InChI=1S/C23H28F3N3O5S/c1-5-34-22(31)19-14(2)28(4)15(3)20(19)35(32,33)29-11-9-16(10-12-29)21(30)27-18-8-6-7-17(13-18)23(24,25)26/h6-8,13,16H,5,9-12H2,1-4H3,(H,27,30). The maximum atomic E-state index is 13.5. The maximum absolute atomic E-state index is 13.5. The maximum Gasteiger partial charge on any atom is 0.416 e. The zero-order valence-corrected chi connectivity index (χ0v) is 20.7. The smallest absolute Gasteiger partial charge is 0.416 e. The van der Waals surface area contributed by atoms with Gasteiger partial charge in [0.1, 0.15) is 10.5 Å². The second kappa shape index (κ2) is 10.0. The number of esters is 1. The molecule has 1 fully saturated rings. The topological polar surface area (TPSA) is 97.7 Å². The fourth-order valence-electron chi connectivity index (χ4n) is 4.18. The zero-order chi connectivity index (χ0) is 26.1. The first-order chi connectivity index (χ1) is 16.3. The van der Waals surface area contributed by atoms with Crippen molar-refractivity contribution in [1.29, 1.82) is 0 Å². The molecule has 0 unspecified atom stereocenters. The second-order valence-corrected chi connectivity index (χ2v) is 10.3. The van der Waals surface area contributed by atoms with E-state index in [1.54, 1.807) is 32.4 Å². The van der Waals surface area contributed by atoms with E-state index in [4.69, 9.17) is 4.74 Å². The number of alkyl halides is 3. The molecule has 0 radical (unpaired) electrons. The third-order valence-electron chi connectivity index (χ3n) is 6.28. The van der Waals surface area contributed by atoms with Gasteiger partial charge in [-0.05, 0) is 51.8 Å². The lowest BCUT2D eigenvalue weighted by Gasteiger charge is -2.30. The van der Waals surface area contributed by atoms with Gasteiger partial charge in [0.05, 0.1) is 12.2 Å². The normalized spacial score (nSPS) is 15.7. The summed E-state index contributed by atoms with van der Waals surface area (Å²) in [6, 6.07) is 4.34. The van der Waals surface area contributed by atoms with Crippen LogP contribution >= 0.6 is 0 Å². The van der Waals surface area contributed by atoms with Crippen LogP contribution in [0.5, 0.6) is 0 Å². The van der Waals surface area contributed by atoms with Crippen LogP contribution in [0.3, 0.4) is 0 Å². The Kier molecular flexibility index (Phi) is 7.65. The van der Waals surface area contributed by atoms with Gasteiger partial charge < -0.3 is 14.6 Å². The highest BCUT2D eigenvalue weighted by Gasteiger charge is 2.38. The zero-order valence-electron chi connectivity index (χ0n) is 19.9. The molecule has 1 aliphatic rings. The van der Waals surface area contributed by atoms with Crippen molar-refractivity contribution in [3.05, 3.63) is 46.8 Å². The SMILES string of the molecule is CCOC(=O)c1c(S(=O)(=O)N2CCC(C(=O)Nc3cccc(C(F)(F)F)c3)CC2)c(C)n(C)c1C. The van der Waals surface area contributed by atoms with Crippen LogP contribution in [0.4, 0.5) is 18.9 Å². The van der Waals surface area contributed by atoms with E-state index in [-0.39, 0.29) is 48.7 Å².